The van der Waals surface area contributed by atoms with E-state index in [4.69, 9.17) is 27.9 Å². The maximum absolute atomic E-state index is 11.8. The van der Waals surface area contributed by atoms with E-state index in [1.807, 2.05) is 0 Å². The van der Waals surface area contributed by atoms with Crippen LogP contribution in [0, 0.1) is 0 Å². The molecule has 0 radical (unpaired) electrons. The van der Waals surface area contributed by atoms with Crippen molar-refractivity contribution < 1.29 is 9.53 Å². The predicted octanol–water partition coefficient (Wildman–Crippen LogP) is 4.07. The van der Waals surface area contributed by atoms with Gasteiger partial charge in [-0.15, -0.1) is 0 Å². The second-order valence-corrected chi connectivity index (χ2v) is 5.42. The van der Waals surface area contributed by atoms with E-state index in [0.29, 0.717) is 16.3 Å². The topological polar surface area (TPSA) is 51.2 Å². The number of hydrogen-bond donors (Lipinski definition) is 1. The quantitative estimate of drug-likeness (QED) is 0.672. The zero-order chi connectivity index (χ0) is 15.4. The Morgan fingerprint density at radius 2 is 2.10 bits per heavy atom. The summed E-state index contributed by atoms with van der Waals surface area (Å²) in [5, 5.41) is 0.607. The van der Waals surface area contributed by atoms with Crippen molar-refractivity contribution in [2.24, 2.45) is 0 Å². The highest BCUT2D eigenvalue weighted by atomic mass is 35.5. The van der Waals surface area contributed by atoms with Gasteiger partial charge in [0.15, 0.2) is 0 Å². The number of aromatic nitrogens is 1. The van der Waals surface area contributed by atoms with Gasteiger partial charge in [0.1, 0.15) is 10.9 Å². The van der Waals surface area contributed by atoms with Crippen molar-refractivity contribution in [3.63, 3.8) is 0 Å². The third kappa shape index (κ3) is 3.61. The fourth-order valence-corrected chi connectivity index (χ4v) is 2.36. The summed E-state index contributed by atoms with van der Waals surface area (Å²) in [4.78, 5) is 15.8. The molecule has 1 aromatic carbocycles. The molecular weight excluding hydrogens is 331 g/mol. The molecule has 0 atom stereocenters. The number of carbonyl (C=O) groups is 1. The molecule has 1 N–H and O–H groups in total. The molecule has 1 aromatic heterocycles. The molecule has 4 nitrogen and oxygen atoms in total. The van der Waals surface area contributed by atoms with Crippen molar-refractivity contribution in [1.29, 1.82) is 0 Å². The molecule has 0 saturated carbocycles. The number of halogens is 2. The van der Waals surface area contributed by atoms with E-state index in [9.17, 15) is 4.79 Å². The van der Waals surface area contributed by atoms with Crippen LogP contribution in [0.4, 0.5) is 0 Å². The lowest BCUT2D eigenvalue weighted by molar-refractivity contribution is 0.0984. The Morgan fingerprint density at radius 3 is 2.71 bits per heavy atom. The van der Waals surface area contributed by atoms with E-state index < -0.39 is 0 Å². The Labute approximate surface area is 136 Å². The second-order valence-electron chi connectivity index (χ2n) is 4.05. The third-order valence-electron chi connectivity index (χ3n) is 2.77. The number of nitrogens with zero attached hydrogens (tertiary/aromatic N) is 1. The van der Waals surface area contributed by atoms with Crippen molar-refractivity contribution in [3.8, 4) is 16.9 Å². The molecule has 2 aromatic rings. The summed E-state index contributed by atoms with van der Waals surface area (Å²) in [6, 6.07) is 6.88. The van der Waals surface area contributed by atoms with Crippen molar-refractivity contribution in [2.75, 3.05) is 13.4 Å². The van der Waals surface area contributed by atoms with Crippen LogP contribution in [-0.4, -0.2) is 24.3 Å². The van der Waals surface area contributed by atoms with Crippen LogP contribution in [0.3, 0.4) is 0 Å². The lowest BCUT2D eigenvalue weighted by Gasteiger charge is -2.11. The largest absolute Gasteiger partial charge is 0.496 e. The van der Waals surface area contributed by atoms with Crippen LogP contribution in [-0.2, 0) is 0 Å². The standard InChI is InChI=1S/C14H12Cl2N2O2S/c1-20-12-6-8(14(19)18-21-2)3-4-10(12)9-5-11(15)13(16)17-7-9/h3-7H,1-2H3,(H,18,19). The lowest BCUT2D eigenvalue weighted by Crippen LogP contribution is -2.15. The van der Waals surface area contributed by atoms with Crippen LogP contribution in [0.25, 0.3) is 11.1 Å². The first-order valence-corrected chi connectivity index (χ1v) is 7.87. The van der Waals surface area contributed by atoms with Crippen LogP contribution in [0.2, 0.25) is 10.2 Å². The van der Waals surface area contributed by atoms with E-state index in [1.54, 1.807) is 43.8 Å². The molecule has 1 amide bonds. The van der Waals surface area contributed by atoms with Gasteiger partial charge < -0.3 is 4.74 Å². The number of amides is 1. The lowest BCUT2D eigenvalue weighted by atomic mass is 10.0. The van der Waals surface area contributed by atoms with Gasteiger partial charge in [-0.25, -0.2) is 4.98 Å². The minimum absolute atomic E-state index is 0.181. The molecule has 0 aliphatic carbocycles. The number of pyridine rings is 1. The van der Waals surface area contributed by atoms with Crippen LogP contribution in [0.5, 0.6) is 5.75 Å². The number of rotatable bonds is 4. The van der Waals surface area contributed by atoms with Crippen LogP contribution in [0.1, 0.15) is 10.4 Å². The number of benzene rings is 1. The Kier molecular flexibility index (Phi) is 5.33. The summed E-state index contributed by atoms with van der Waals surface area (Å²) in [5.41, 5.74) is 2.06. The molecule has 0 bridgehead atoms. The van der Waals surface area contributed by atoms with Crippen LogP contribution < -0.4 is 9.46 Å². The maximum atomic E-state index is 11.8. The second kappa shape index (κ2) is 7.02. The third-order valence-corrected chi connectivity index (χ3v) is 3.84. The first-order chi connectivity index (χ1) is 10.1. The van der Waals surface area contributed by atoms with E-state index >= 15 is 0 Å². The fourth-order valence-electron chi connectivity index (χ4n) is 1.79. The van der Waals surface area contributed by atoms with E-state index in [2.05, 4.69) is 9.71 Å². The SMILES string of the molecule is COc1cc(C(=O)NSC)ccc1-c1cnc(Cl)c(Cl)c1. The van der Waals surface area contributed by atoms with E-state index in [0.717, 1.165) is 11.1 Å². The van der Waals surface area contributed by atoms with Gasteiger partial charge in [0.05, 0.1) is 12.1 Å². The van der Waals surface area contributed by atoms with Gasteiger partial charge in [0, 0.05) is 29.1 Å². The molecule has 2 rings (SSSR count). The normalized spacial score (nSPS) is 10.3. The number of hydrogen-bond acceptors (Lipinski definition) is 4. The number of methoxy groups -OCH3 is 1. The van der Waals surface area contributed by atoms with Crippen molar-refractivity contribution in [1.82, 2.24) is 9.71 Å². The summed E-state index contributed by atoms with van der Waals surface area (Å²) < 4.78 is 8.01. The molecule has 0 spiro atoms. The average Bonchev–Trinajstić information content (AvgIpc) is 2.49. The number of nitrogens with one attached hydrogen (secondary N) is 1. The molecule has 1 heterocycles. The fraction of sp³-hybridized carbons (Fsp3) is 0.143. The smallest absolute Gasteiger partial charge is 0.261 e. The molecule has 0 fully saturated rings. The Bertz CT molecular complexity index is 680. The summed E-state index contributed by atoms with van der Waals surface area (Å²) in [6.45, 7) is 0. The molecule has 0 unspecified atom stereocenters. The highest BCUT2D eigenvalue weighted by Gasteiger charge is 2.12. The van der Waals surface area contributed by atoms with Gasteiger partial charge in [-0.1, -0.05) is 35.1 Å². The first kappa shape index (κ1) is 15.9. The van der Waals surface area contributed by atoms with Crippen molar-refractivity contribution >= 4 is 41.1 Å². The van der Waals surface area contributed by atoms with Gasteiger partial charge in [0.2, 0.25) is 0 Å². The zero-order valence-electron chi connectivity index (χ0n) is 11.3. The van der Waals surface area contributed by atoms with Crippen molar-refractivity contribution in [2.45, 2.75) is 0 Å². The summed E-state index contributed by atoms with van der Waals surface area (Å²) in [7, 11) is 1.54. The summed E-state index contributed by atoms with van der Waals surface area (Å²) in [6.07, 6.45) is 3.39. The van der Waals surface area contributed by atoms with Gasteiger partial charge >= 0.3 is 0 Å². The van der Waals surface area contributed by atoms with Crippen molar-refractivity contribution in [3.05, 3.63) is 46.2 Å². The highest BCUT2D eigenvalue weighted by molar-refractivity contribution is 7.97. The molecule has 21 heavy (non-hydrogen) atoms. The van der Waals surface area contributed by atoms with Gasteiger partial charge in [-0.2, -0.15) is 0 Å². The average molecular weight is 343 g/mol. The van der Waals surface area contributed by atoms with E-state index in [1.165, 1.54) is 11.9 Å². The van der Waals surface area contributed by atoms with Crippen LogP contribution >= 0.6 is 35.1 Å². The minimum atomic E-state index is -0.181. The highest BCUT2D eigenvalue weighted by Crippen LogP contribution is 2.33. The number of carbonyl (C=O) groups excluding carboxylic acids is 1. The molecule has 7 heteroatoms. The van der Waals surface area contributed by atoms with Gasteiger partial charge in [-0.05, 0) is 24.3 Å². The predicted molar refractivity (Wildman–Crippen MR) is 87.2 cm³/mol. The summed E-state index contributed by atoms with van der Waals surface area (Å²) >= 11 is 13.0. The van der Waals surface area contributed by atoms with Gasteiger partial charge in [0.25, 0.3) is 5.91 Å². The first-order valence-electron chi connectivity index (χ1n) is 5.89. The Balaban J connectivity index is 2.44. The molecular formula is C14H12Cl2N2O2S. The minimum Gasteiger partial charge on any atom is -0.496 e. The zero-order valence-corrected chi connectivity index (χ0v) is 13.6. The monoisotopic (exact) mass is 342 g/mol. The van der Waals surface area contributed by atoms with Crippen LogP contribution in [0.15, 0.2) is 30.5 Å². The number of ether oxygens (including phenoxy) is 1. The molecule has 0 aliphatic rings. The summed E-state index contributed by atoms with van der Waals surface area (Å²) in [5.74, 6) is 0.378. The van der Waals surface area contributed by atoms with E-state index in [-0.39, 0.29) is 11.1 Å². The molecule has 0 aliphatic heterocycles. The Hall–Kier alpha value is -1.43. The molecule has 0 saturated heterocycles. The maximum Gasteiger partial charge on any atom is 0.261 e. The Morgan fingerprint density at radius 1 is 1.33 bits per heavy atom. The molecule has 110 valence electrons. The van der Waals surface area contributed by atoms with Gasteiger partial charge in [-0.3, -0.25) is 9.52 Å².